The first-order valence-corrected chi connectivity index (χ1v) is 11.5. The molecular weight excluding hydrogens is 449 g/mol. The number of carbonyl (C=O) groups is 2. The fourth-order valence-corrected chi connectivity index (χ4v) is 3.92. The fourth-order valence-electron chi connectivity index (χ4n) is 2.86. The summed E-state index contributed by atoms with van der Waals surface area (Å²) in [6.45, 7) is 0.617. The van der Waals surface area contributed by atoms with Gasteiger partial charge in [-0.3, -0.25) is 14.3 Å². The van der Waals surface area contributed by atoms with Crippen LogP contribution in [0.1, 0.15) is 27.1 Å². The van der Waals surface area contributed by atoms with Crippen molar-refractivity contribution in [2.24, 2.45) is 0 Å². The summed E-state index contributed by atoms with van der Waals surface area (Å²) in [5.41, 5.74) is 0.830. The van der Waals surface area contributed by atoms with Crippen LogP contribution < -0.4 is 15.4 Å². The molecule has 3 aromatic rings. The van der Waals surface area contributed by atoms with Crippen molar-refractivity contribution in [2.45, 2.75) is 11.3 Å². The Morgan fingerprint density at radius 3 is 2.03 bits per heavy atom. The quantitative estimate of drug-likeness (QED) is 0.357. The number of benzene rings is 3. The van der Waals surface area contributed by atoms with Gasteiger partial charge in [0.1, 0.15) is 11.6 Å². The second kappa shape index (κ2) is 10.6. The van der Waals surface area contributed by atoms with E-state index in [4.69, 9.17) is 0 Å². The van der Waals surface area contributed by atoms with Crippen molar-refractivity contribution >= 4 is 27.5 Å². The summed E-state index contributed by atoms with van der Waals surface area (Å²) in [5, 5.41) is 14.8. The van der Waals surface area contributed by atoms with Crippen molar-refractivity contribution in [3.63, 3.8) is 0 Å². The fraction of sp³-hybridized carbons (Fsp3) is 0.130. The van der Waals surface area contributed by atoms with Gasteiger partial charge in [0, 0.05) is 29.9 Å². The summed E-state index contributed by atoms with van der Waals surface area (Å²) in [7, 11) is -3.89. The predicted octanol–water partition coefficient (Wildman–Crippen LogP) is 2.88. The van der Waals surface area contributed by atoms with Gasteiger partial charge in [-0.2, -0.15) is 0 Å². The van der Waals surface area contributed by atoms with Crippen LogP contribution in [0, 0.1) is 5.82 Å². The van der Waals surface area contributed by atoms with Gasteiger partial charge >= 0.3 is 0 Å². The number of carbonyl (C=O) groups excluding carboxylic acids is 2. The lowest BCUT2D eigenvalue weighted by Gasteiger charge is -2.09. The molecule has 0 aliphatic heterocycles. The number of rotatable bonds is 9. The van der Waals surface area contributed by atoms with Crippen LogP contribution in [0.4, 0.5) is 10.1 Å². The minimum atomic E-state index is -3.89. The Labute approximate surface area is 190 Å². The van der Waals surface area contributed by atoms with E-state index in [1.807, 2.05) is 0 Å². The minimum Gasteiger partial charge on any atom is -0.508 e. The van der Waals surface area contributed by atoms with E-state index in [2.05, 4.69) is 15.4 Å². The van der Waals surface area contributed by atoms with Gasteiger partial charge in [0.2, 0.25) is 0 Å². The first kappa shape index (κ1) is 23.7. The van der Waals surface area contributed by atoms with Gasteiger partial charge in [0.15, 0.2) is 0 Å². The van der Waals surface area contributed by atoms with Crippen LogP contribution >= 0.6 is 0 Å². The molecule has 3 aromatic carbocycles. The van der Waals surface area contributed by atoms with Crippen LogP contribution in [-0.2, 0) is 10.0 Å². The number of phenols is 1. The molecule has 0 aliphatic rings. The van der Waals surface area contributed by atoms with E-state index in [0.717, 1.165) is 12.1 Å². The highest BCUT2D eigenvalue weighted by Crippen LogP contribution is 2.17. The number of amides is 2. The minimum absolute atomic E-state index is 0.0000290. The summed E-state index contributed by atoms with van der Waals surface area (Å²) in [6, 6.07) is 16.2. The number of anilines is 1. The monoisotopic (exact) mass is 471 g/mol. The SMILES string of the molecule is O=C(NCCCNC(=O)c1cccc(O)c1)c1ccc(S(=O)(=O)Nc2ccc(F)cc2)cc1. The molecule has 0 bridgehead atoms. The highest BCUT2D eigenvalue weighted by Gasteiger charge is 2.15. The second-order valence-electron chi connectivity index (χ2n) is 7.05. The van der Waals surface area contributed by atoms with Crippen LogP contribution in [0.3, 0.4) is 0 Å². The van der Waals surface area contributed by atoms with Gasteiger partial charge in [-0.05, 0) is 73.2 Å². The molecule has 0 aliphatic carbocycles. The summed E-state index contributed by atoms with van der Waals surface area (Å²) < 4.78 is 40.2. The first-order chi connectivity index (χ1) is 15.7. The molecule has 0 fully saturated rings. The van der Waals surface area contributed by atoms with Crippen LogP contribution in [0.5, 0.6) is 5.75 Å². The topological polar surface area (TPSA) is 125 Å². The Hall–Kier alpha value is -3.92. The molecule has 0 unspecified atom stereocenters. The Bertz CT molecular complexity index is 1230. The summed E-state index contributed by atoms with van der Waals surface area (Å²) >= 11 is 0. The molecule has 2 amide bonds. The molecule has 0 spiro atoms. The van der Waals surface area contributed by atoms with E-state index in [1.54, 1.807) is 12.1 Å². The van der Waals surface area contributed by atoms with Crippen molar-refractivity contribution in [1.82, 2.24) is 10.6 Å². The molecule has 0 aromatic heterocycles. The Balaban J connectivity index is 1.46. The zero-order valence-corrected chi connectivity index (χ0v) is 18.2. The van der Waals surface area contributed by atoms with E-state index in [0.29, 0.717) is 25.1 Å². The van der Waals surface area contributed by atoms with Crippen LogP contribution in [0.15, 0.2) is 77.7 Å². The van der Waals surface area contributed by atoms with Crippen molar-refractivity contribution < 1.29 is 27.5 Å². The van der Waals surface area contributed by atoms with E-state index >= 15 is 0 Å². The van der Waals surface area contributed by atoms with E-state index in [9.17, 15) is 27.5 Å². The van der Waals surface area contributed by atoms with E-state index in [1.165, 1.54) is 48.5 Å². The Morgan fingerprint density at radius 2 is 1.42 bits per heavy atom. The van der Waals surface area contributed by atoms with Crippen LogP contribution in [0.2, 0.25) is 0 Å². The average molecular weight is 472 g/mol. The van der Waals surface area contributed by atoms with Gasteiger partial charge in [-0.1, -0.05) is 6.07 Å². The van der Waals surface area contributed by atoms with Gasteiger partial charge in [-0.15, -0.1) is 0 Å². The lowest BCUT2D eigenvalue weighted by molar-refractivity contribution is 0.0951. The number of phenolic OH excluding ortho intramolecular Hbond substituents is 1. The van der Waals surface area contributed by atoms with E-state index < -0.39 is 15.8 Å². The van der Waals surface area contributed by atoms with Gasteiger partial charge < -0.3 is 15.7 Å². The van der Waals surface area contributed by atoms with Gasteiger partial charge in [0.25, 0.3) is 21.8 Å². The molecule has 10 heteroatoms. The molecule has 4 N–H and O–H groups in total. The zero-order chi connectivity index (χ0) is 23.8. The van der Waals surface area contributed by atoms with Crippen molar-refractivity contribution in [3.8, 4) is 5.75 Å². The van der Waals surface area contributed by atoms with Crippen LogP contribution in [0.25, 0.3) is 0 Å². The number of hydrogen-bond acceptors (Lipinski definition) is 5. The maximum absolute atomic E-state index is 13.0. The number of halogens is 1. The van der Waals surface area contributed by atoms with E-state index in [-0.39, 0.29) is 33.7 Å². The number of aromatic hydroxyl groups is 1. The maximum atomic E-state index is 13.0. The molecule has 0 atom stereocenters. The van der Waals surface area contributed by atoms with Crippen molar-refractivity contribution in [3.05, 3.63) is 89.7 Å². The van der Waals surface area contributed by atoms with Crippen molar-refractivity contribution in [1.29, 1.82) is 0 Å². The highest BCUT2D eigenvalue weighted by molar-refractivity contribution is 7.92. The molecule has 0 saturated heterocycles. The smallest absolute Gasteiger partial charge is 0.261 e. The Morgan fingerprint density at radius 1 is 0.818 bits per heavy atom. The van der Waals surface area contributed by atoms with Gasteiger partial charge in [-0.25, -0.2) is 12.8 Å². The predicted molar refractivity (Wildman–Crippen MR) is 121 cm³/mol. The largest absolute Gasteiger partial charge is 0.508 e. The second-order valence-corrected chi connectivity index (χ2v) is 8.73. The molecule has 33 heavy (non-hydrogen) atoms. The molecule has 0 radical (unpaired) electrons. The number of hydrogen-bond donors (Lipinski definition) is 4. The lowest BCUT2D eigenvalue weighted by Crippen LogP contribution is -2.29. The molecule has 172 valence electrons. The molecule has 8 nitrogen and oxygen atoms in total. The Kier molecular flexibility index (Phi) is 7.62. The van der Waals surface area contributed by atoms with Gasteiger partial charge in [0.05, 0.1) is 4.90 Å². The third-order valence-electron chi connectivity index (χ3n) is 4.56. The molecule has 0 saturated carbocycles. The summed E-state index contributed by atoms with van der Waals surface area (Å²) in [5.74, 6) is -1.19. The lowest BCUT2D eigenvalue weighted by atomic mass is 10.2. The molecular formula is C23H22FN3O5S. The summed E-state index contributed by atoms with van der Waals surface area (Å²) in [4.78, 5) is 24.2. The highest BCUT2D eigenvalue weighted by atomic mass is 32.2. The summed E-state index contributed by atoms with van der Waals surface area (Å²) in [6.07, 6.45) is 0.477. The maximum Gasteiger partial charge on any atom is 0.261 e. The van der Waals surface area contributed by atoms with Crippen LogP contribution in [-0.4, -0.2) is 38.4 Å². The average Bonchev–Trinajstić information content (AvgIpc) is 2.80. The van der Waals surface area contributed by atoms with Crippen molar-refractivity contribution in [2.75, 3.05) is 17.8 Å². The molecule has 3 rings (SSSR count). The standard InChI is InChI=1S/C23H22FN3O5S/c24-18-7-9-19(10-8-18)27-33(31,32)21-11-5-16(6-12-21)22(29)25-13-2-14-26-23(30)17-3-1-4-20(28)15-17/h1,3-12,15,27-28H,2,13-14H2,(H,25,29)(H,26,30). The zero-order valence-electron chi connectivity index (χ0n) is 17.4. The first-order valence-electron chi connectivity index (χ1n) is 9.98. The number of nitrogens with one attached hydrogen (secondary N) is 3. The third-order valence-corrected chi connectivity index (χ3v) is 5.95. The third kappa shape index (κ3) is 6.78. The normalized spacial score (nSPS) is 10.9. The molecule has 0 heterocycles. The number of sulfonamides is 1.